The van der Waals surface area contributed by atoms with Crippen molar-refractivity contribution in [1.82, 2.24) is 9.88 Å². The van der Waals surface area contributed by atoms with E-state index in [1.807, 2.05) is 42.2 Å². The summed E-state index contributed by atoms with van der Waals surface area (Å²) >= 11 is 0. The van der Waals surface area contributed by atoms with Gasteiger partial charge in [-0.05, 0) is 73.4 Å². The molecule has 1 aliphatic rings. The lowest BCUT2D eigenvalue weighted by atomic mass is 10.0. The first-order valence-electron chi connectivity index (χ1n) is 9.75. The predicted molar refractivity (Wildman–Crippen MR) is 110 cm³/mol. The van der Waals surface area contributed by atoms with Crippen LogP contribution in [-0.2, 0) is 0 Å². The Morgan fingerprint density at radius 1 is 1.10 bits per heavy atom. The van der Waals surface area contributed by atoms with E-state index in [0.29, 0.717) is 17.9 Å². The summed E-state index contributed by atoms with van der Waals surface area (Å²) in [5.41, 5.74) is 4.28. The number of carbonyl (C=O) groups is 1. The quantitative estimate of drug-likeness (QED) is 0.616. The first-order chi connectivity index (χ1) is 14.0. The molecular weight excluding hydrogens is 367 g/mol. The first-order valence-corrected chi connectivity index (χ1v) is 9.75. The minimum Gasteiger partial charge on any atom is -0.497 e. The molecule has 0 N–H and O–H groups in total. The van der Waals surface area contributed by atoms with Gasteiger partial charge in [0.15, 0.2) is 0 Å². The highest BCUT2D eigenvalue weighted by Gasteiger charge is 2.32. The summed E-state index contributed by atoms with van der Waals surface area (Å²) in [6, 6.07) is 17.6. The highest BCUT2D eigenvalue weighted by Crippen LogP contribution is 2.34. The van der Waals surface area contributed by atoms with Crippen molar-refractivity contribution in [3.63, 3.8) is 0 Å². The van der Waals surface area contributed by atoms with Gasteiger partial charge in [-0.25, -0.2) is 4.39 Å². The Balaban J connectivity index is 1.66. The third-order valence-electron chi connectivity index (χ3n) is 5.32. The van der Waals surface area contributed by atoms with Gasteiger partial charge in [-0.1, -0.05) is 18.2 Å². The van der Waals surface area contributed by atoms with Crippen molar-refractivity contribution in [2.45, 2.75) is 25.8 Å². The molecule has 3 aromatic rings. The summed E-state index contributed by atoms with van der Waals surface area (Å²) in [7, 11) is 1.59. The topological polar surface area (TPSA) is 42.4 Å². The van der Waals surface area contributed by atoms with Crippen LogP contribution in [0.4, 0.5) is 4.39 Å². The number of ether oxygens (including phenoxy) is 1. The summed E-state index contributed by atoms with van der Waals surface area (Å²) < 4.78 is 18.6. The Morgan fingerprint density at radius 2 is 1.90 bits per heavy atom. The zero-order valence-corrected chi connectivity index (χ0v) is 16.6. The van der Waals surface area contributed by atoms with E-state index >= 15 is 0 Å². The van der Waals surface area contributed by atoms with Crippen molar-refractivity contribution >= 4 is 5.91 Å². The SMILES string of the molecule is COc1cccc(C(=O)N2CCC[C@@H]2c2cc(-c3ccc(F)cc3)cc(C)n2)c1. The number of rotatable bonds is 4. The van der Waals surface area contributed by atoms with Gasteiger partial charge in [0.1, 0.15) is 11.6 Å². The molecule has 4 rings (SSSR count). The maximum absolute atomic E-state index is 13.3. The normalized spacial score (nSPS) is 16.1. The lowest BCUT2D eigenvalue weighted by molar-refractivity contribution is 0.0732. The van der Waals surface area contributed by atoms with Gasteiger partial charge in [0, 0.05) is 17.8 Å². The van der Waals surface area contributed by atoms with Crippen molar-refractivity contribution in [3.8, 4) is 16.9 Å². The molecule has 1 saturated heterocycles. The molecule has 1 amide bonds. The molecule has 1 aliphatic heterocycles. The molecular formula is C24H23FN2O2. The van der Waals surface area contributed by atoms with E-state index < -0.39 is 0 Å². The molecule has 0 radical (unpaired) electrons. The molecule has 0 spiro atoms. The number of nitrogens with zero attached hydrogens (tertiary/aromatic N) is 2. The highest BCUT2D eigenvalue weighted by atomic mass is 19.1. The van der Waals surface area contributed by atoms with E-state index in [9.17, 15) is 9.18 Å². The van der Waals surface area contributed by atoms with E-state index in [1.165, 1.54) is 12.1 Å². The highest BCUT2D eigenvalue weighted by molar-refractivity contribution is 5.95. The number of hydrogen-bond acceptors (Lipinski definition) is 3. The molecule has 1 atom stereocenters. The molecule has 2 aromatic carbocycles. The minimum absolute atomic E-state index is 0.0157. The summed E-state index contributed by atoms with van der Waals surface area (Å²) in [6.07, 6.45) is 1.80. The second kappa shape index (κ2) is 8.03. The predicted octanol–water partition coefficient (Wildman–Crippen LogP) is 5.18. The number of aryl methyl sites for hydroxylation is 1. The van der Waals surface area contributed by atoms with Crippen molar-refractivity contribution in [2.75, 3.05) is 13.7 Å². The number of pyridine rings is 1. The molecule has 148 valence electrons. The van der Waals surface area contributed by atoms with Gasteiger partial charge < -0.3 is 9.64 Å². The Morgan fingerprint density at radius 3 is 2.66 bits per heavy atom. The molecule has 29 heavy (non-hydrogen) atoms. The van der Waals surface area contributed by atoms with Crippen molar-refractivity contribution < 1.29 is 13.9 Å². The molecule has 4 nitrogen and oxygen atoms in total. The van der Waals surface area contributed by atoms with Crippen LogP contribution >= 0.6 is 0 Å². The number of likely N-dealkylation sites (tertiary alicyclic amines) is 1. The van der Waals surface area contributed by atoms with Crippen molar-refractivity contribution in [3.05, 3.63) is 83.4 Å². The van der Waals surface area contributed by atoms with Crippen LogP contribution < -0.4 is 4.74 Å². The number of amides is 1. The maximum Gasteiger partial charge on any atom is 0.254 e. The molecule has 1 aromatic heterocycles. The fraction of sp³-hybridized carbons (Fsp3) is 0.250. The van der Waals surface area contributed by atoms with Gasteiger partial charge in [-0.2, -0.15) is 0 Å². The first kappa shape index (κ1) is 19.1. The third-order valence-corrected chi connectivity index (χ3v) is 5.32. The van der Waals surface area contributed by atoms with E-state index in [4.69, 9.17) is 9.72 Å². The second-order valence-corrected chi connectivity index (χ2v) is 7.32. The zero-order chi connectivity index (χ0) is 20.4. The fourth-order valence-corrected chi connectivity index (χ4v) is 3.91. The van der Waals surface area contributed by atoms with E-state index in [2.05, 4.69) is 0 Å². The third kappa shape index (κ3) is 3.99. The average molecular weight is 390 g/mol. The van der Waals surface area contributed by atoms with E-state index in [-0.39, 0.29) is 17.8 Å². The Hall–Kier alpha value is -3.21. The van der Waals surface area contributed by atoms with Gasteiger partial charge in [0.05, 0.1) is 18.8 Å². The van der Waals surface area contributed by atoms with Crippen LogP contribution in [0, 0.1) is 12.7 Å². The summed E-state index contributed by atoms with van der Waals surface area (Å²) in [4.78, 5) is 19.8. The minimum atomic E-state index is -0.259. The van der Waals surface area contributed by atoms with E-state index in [1.54, 1.807) is 25.3 Å². The van der Waals surface area contributed by atoms with Crippen LogP contribution in [0.1, 0.15) is 40.6 Å². The van der Waals surface area contributed by atoms with Crippen LogP contribution in [0.3, 0.4) is 0 Å². The summed E-state index contributed by atoms with van der Waals surface area (Å²) in [5, 5.41) is 0. The van der Waals surface area contributed by atoms with Crippen LogP contribution in [0.25, 0.3) is 11.1 Å². The van der Waals surface area contributed by atoms with Gasteiger partial charge >= 0.3 is 0 Å². The Kier molecular flexibility index (Phi) is 5.30. The number of benzene rings is 2. The second-order valence-electron chi connectivity index (χ2n) is 7.32. The average Bonchev–Trinajstić information content (AvgIpc) is 3.23. The molecule has 0 saturated carbocycles. The molecule has 0 aliphatic carbocycles. The van der Waals surface area contributed by atoms with Gasteiger partial charge in [-0.15, -0.1) is 0 Å². The lowest BCUT2D eigenvalue weighted by Gasteiger charge is -2.25. The maximum atomic E-state index is 13.3. The monoisotopic (exact) mass is 390 g/mol. The summed E-state index contributed by atoms with van der Waals surface area (Å²) in [6.45, 7) is 2.64. The number of aromatic nitrogens is 1. The number of methoxy groups -OCH3 is 1. The van der Waals surface area contributed by atoms with Crippen LogP contribution in [0.2, 0.25) is 0 Å². The van der Waals surface area contributed by atoms with Crippen LogP contribution in [0.5, 0.6) is 5.75 Å². The Labute approximate surface area is 170 Å². The van der Waals surface area contributed by atoms with Gasteiger partial charge in [0.25, 0.3) is 5.91 Å². The number of carbonyl (C=O) groups excluding carboxylic acids is 1. The van der Waals surface area contributed by atoms with Crippen molar-refractivity contribution in [1.29, 1.82) is 0 Å². The van der Waals surface area contributed by atoms with E-state index in [0.717, 1.165) is 35.4 Å². The van der Waals surface area contributed by atoms with Crippen molar-refractivity contribution in [2.24, 2.45) is 0 Å². The molecule has 0 bridgehead atoms. The largest absolute Gasteiger partial charge is 0.497 e. The fourth-order valence-electron chi connectivity index (χ4n) is 3.91. The van der Waals surface area contributed by atoms with Gasteiger partial charge in [0.2, 0.25) is 0 Å². The summed E-state index contributed by atoms with van der Waals surface area (Å²) in [5.74, 6) is 0.391. The lowest BCUT2D eigenvalue weighted by Crippen LogP contribution is -2.31. The Bertz CT molecular complexity index is 1030. The van der Waals surface area contributed by atoms with Crippen LogP contribution in [0.15, 0.2) is 60.7 Å². The van der Waals surface area contributed by atoms with Crippen LogP contribution in [-0.4, -0.2) is 29.4 Å². The molecule has 5 heteroatoms. The number of hydrogen-bond donors (Lipinski definition) is 0. The van der Waals surface area contributed by atoms with Gasteiger partial charge in [-0.3, -0.25) is 9.78 Å². The number of halogens is 1. The molecule has 0 unspecified atom stereocenters. The standard InChI is InChI=1S/C24H23FN2O2/c1-16-13-19(17-8-10-20(25)11-9-17)15-22(26-16)23-7-4-12-27(23)24(28)18-5-3-6-21(14-18)29-2/h3,5-6,8-11,13-15,23H,4,7,12H2,1-2H3/t23-/m1/s1. The smallest absolute Gasteiger partial charge is 0.254 e. The molecule has 1 fully saturated rings. The molecule has 2 heterocycles. The zero-order valence-electron chi connectivity index (χ0n) is 16.6.